The lowest BCUT2D eigenvalue weighted by molar-refractivity contribution is 0.820. The molecule has 0 saturated heterocycles. The van der Waals surface area contributed by atoms with E-state index in [1.54, 1.807) is 0 Å². The molecule has 0 amide bonds. The molecule has 0 unspecified atom stereocenters. The zero-order chi connectivity index (χ0) is 15.9. The molecule has 22 heavy (non-hydrogen) atoms. The minimum Gasteiger partial charge on any atom is -0.399 e. The van der Waals surface area contributed by atoms with Gasteiger partial charge in [0.05, 0.1) is 11.0 Å². The van der Waals surface area contributed by atoms with Crippen LogP contribution in [-0.4, -0.2) is 9.55 Å². The van der Waals surface area contributed by atoms with Crippen molar-refractivity contribution in [1.29, 1.82) is 0 Å². The summed E-state index contributed by atoms with van der Waals surface area (Å²) in [6.45, 7) is 11.1. The maximum Gasteiger partial charge on any atom is 0.141 e. The van der Waals surface area contributed by atoms with Gasteiger partial charge < -0.3 is 10.3 Å². The second-order valence-electron chi connectivity index (χ2n) is 6.03. The van der Waals surface area contributed by atoms with Crippen LogP contribution in [0, 0.1) is 13.8 Å². The van der Waals surface area contributed by atoms with E-state index in [1.165, 1.54) is 11.1 Å². The topological polar surface area (TPSA) is 43.8 Å². The molecule has 0 aliphatic rings. The Bertz CT molecular complexity index is 872. The van der Waals surface area contributed by atoms with E-state index in [-0.39, 0.29) is 0 Å². The molecule has 2 N–H and O–H groups in total. The summed E-state index contributed by atoms with van der Waals surface area (Å²) in [5, 5.41) is 0. The lowest BCUT2D eigenvalue weighted by Gasteiger charge is -2.10. The van der Waals surface area contributed by atoms with E-state index in [1.807, 2.05) is 31.2 Å². The quantitative estimate of drug-likeness (QED) is 0.571. The summed E-state index contributed by atoms with van der Waals surface area (Å²) in [5.74, 6) is 0.940. The summed E-state index contributed by atoms with van der Waals surface area (Å²) >= 11 is 0. The monoisotopic (exact) mass is 291 g/mol. The predicted octanol–water partition coefficient (Wildman–Crippen LogP) is 4.48. The van der Waals surface area contributed by atoms with Gasteiger partial charge in [-0.3, -0.25) is 0 Å². The molecular formula is C19H21N3. The molecule has 0 aliphatic heterocycles. The maximum absolute atomic E-state index is 5.94. The fourth-order valence-corrected chi connectivity index (χ4v) is 2.71. The molecule has 3 aromatic rings. The molecule has 0 saturated carbocycles. The van der Waals surface area contributed by atoms with Crippen LogP contribution in [0.5, 0.6) is 0 Å². The highest BCUT2D eigenvalue weighted by Crippen LogP contribution is 2.28. The highest BCUT2D eigenvalue weighted by atomic mass is 15.1. The molecule has 0 atom stereocenters. The first-order valence-corrected chi connectivity index (χ1v) is 7.43. The number of imidazole rings is 1. The van der Waals surface area contributed by atoms with E-state index in [4.69, 9.17) is 10.7 Å². The highest BCUT2D eigenvalue weighted by molar-refractivity contribution is 5.82. The van der Waals surface area contributed by atoms with E-state index in [0.29, 0.717) is 0 Å². The molecule has 3 nitrogen and oxygen atoms in total. The van der Waals surface area contributed by atoms with E-state index in [0.717, 1.165) is 40.2 Å². The Kier molecular flexibility index (Phi) is 3.49. The molecule has 0 bridgehead atoms. The maximum atomic E-state index is 5.94. The standard InChI is InChI=1S/C19H21N3/c1-12(2)11-22-18-9-14(4)13(3)8-17(18)21-19(22)15-6-5-7-16(20)10-15/h5-10H,1,11,20H2,2-4H3. The number of fused-ring (bicyclic) bond motifs is 1. The van der Waals surface area contributed by atoms with Gasteiger partial charge in [-0.05, 0) is 56.2 Å². The molecule has 3 heteroatoms. The van der Waals surface area contributed by atoms with Gasteiger partial charge in [-0.2, -0.15) is 0 Å². The molecule has 0 aliphatic carbocycles. The average Bonchev–Trinajstić information content (AvgIpc) is 2.77. The van der Waals surface area contributed by atoms with Crippen molar-refractivity contribution in [3.05, 3.63) is 59.7 Å². The van der Waals surface area contributed by atoms with Gasteiger partial charge in [0.15, 0.2) is 0 Å². The van der Waals surface area contributed by atoms with E-state index in [2.05, 4.69) is 37.1 Å². The van der Waals surface area contributed by atoms with Crippen LogP contribution in [0.15, 0.2) is 48.6 Å². The fourth-order valence-electron chi connectivity index (χ4n) is 2.71. The van der Waals surface area contributed by atoms with Crippen molar-refractivity contribution in [2.45, 2.75) is 27.3 Å². The van der Waals surface area contributed by atoms with Gasteiger partial charge in [-0.25, -0.2) is 4.98 Å². The number of hydrogen-bond donors (Lipinski definition) is 1. The van der Waals surface area contributed by atoms with E-state index >= 15 is 0 Å². The Labute approximate surface area is 131 Å². The van der Waals surface area contributed by atoms with Crippen molar-refractivity contribution in [2.75, 3.05) is 5.73 Å². The van der Waals surface area contributed by atoms with Crippen LogP contribution in [0.3, 0.4) is 0 Å². The number of rotatable bonds is 3. The second kappa shape index (κ2) is 5.34. The summed E-state index contributed by atoms with van der Waals surface area (Å²) < 4.78 is 2.22. The summed E-state index contributed by atoms with van der Waals surface area (Å²) in [6.07, 6.45) is 0. The van der Waals surface area contributed by atoms with Gasteiger partial charge >= 0.3 is 0 Å². The number of nitrogens with two attached hydrogens (primary N) is 1. The summed E-state index contributed by atoms with van der Waals surface area (Å²) in [7, 11) is 0. The van der Waals surface area contributed by atoms with Crippen molar-refractivity contribution < 1.29 is 0 Å². The third-order valence-corrected chi connectivity index (χ3v) is 3.94. The van der Waals surface area contributed by atoms with Crippen LogP contribution in [0.25, 0.3) is 22.4 Å². The number of benzene rings is 2. The fraction of sp³-hybridized carbons (Fsp3) is 0.211. The molecule has 1 heterocycles. The lowest BCUT2D eigenvalue weighted by atomic mass is 10.1. The van der Waals surface area contributed by atoms with Crippen LogP contribution in [0.4, 0.5) is 5.69 Å². The molecule has 0 spiro atoms. The normalized spacial score (nSPS) is 11.0. The average molecular weight is 291 g/mol. The zero-order valence-corrected chi connectivity index (χ0v) is 13.4. The number of aryl methyl sites for hydroxylation is 2. The lowest BCUT2D eigenvalue weighted by Crippen LogP contribution is -2.02. The van der Waals surface area contributed by atoms with Crippen molar-refractivity contribution in [3.63, 3.8) is 0 Å². The Morgan fingerprint density at radius 1 is 1.18 bits per heavy atom. The first kappa shape index (κ1) is 14.4. The summed E-state index contributed by atoms with van der Waals surface area (Å²) in [4.78, 5) is 4.85. The van der Waals surface area contributed by atoms with Crippen molar-refractivity contribution in [1.82, 2.24) is 9.55 Å². The van der Waals surface area contributed by atoms with Gasteiger partial charge in [-0.1, -0.05) is 24.3 Å². The van der Waals surface area contributed by atoms with Gasteiger partial charge in [0.25, 0.3) is 0 Å². The van der Waals surface area contributed by atoms with E-state index in [9.17, 15) is 0 Å². The van der Waals surface area contributed by atoms with Crippen LogP contribution < -0.4 is 5.73 Å². The van der Waals surface area contributed by atoms with Crippen molar-refractivity contribution in [3.8, 4) is 11.4 Å². The minimum absolute atomic E-state index is 0.749. The first-order valence-electron chi connectivity index (χ1n) is 7.43. The van der Waals surface area contributed by atoms with Gasteiger partial charge in [0.1, 0.15) is 5.82 Å². The molecule has 0 fully saturated rings. The Morgan fingerprint density at radius 3 is 2.59 bits per heavy atom. The third kappa shape index (κ3) is 2.50. The Hall–Kier alpha value is -2.55. The van der Waals surface area contributed by atoms with Crippen molar-refractivity contribution >= 4 is 16.7 Å². The molecule has 2 aromatic carbocycles. The van der Waals surface area contributed by atoms with E-state index < -0.39 is 0 Å². The smallest absolute Gasteiger partial charge is 0.141 e. The number of nitrogens with zero attached hydrogens (tertiary/aromatic N) is 2. The van der Waals surface area contributed by atoms with Crippen LogP contribution in [0.1, 0.15) is 18.1 Å². The summed E-state index contributed by atoms with van der Waals surface area (Å²) in [5.41, 5.74) is 13.5. The molecule has 1 aromatic heterocycles. The van der Waals surface area contributed by atoms with Crippen LogP contribution >= 0.6 is 0 Å². The SMILES string of the molecule is C=C(C)Cn1c(-c2cccc(N)c2)nc2cc(C)c(C)cc21. The molecule has 0 radical (unpaired) electrons. The van der Waals surface area contributed by atoms with Gasteiger partial charge in [0.2, 0.25) is 0 Å². The van der Waals surface area contributed by atoms with Crippen molar-refractivity contribution in [2.24, 2.45) is 0 Å². The second-order valence-corrected chi connectivity index (χ2v) is 6.03. The molecule has 3 rings (SSSR count). The van der Waals surface area contributed by atoms with Crippen LogP contribution in [0.2, 0.25) is 0 Å². The number of nitrogen functional groups attached to an aromatic ring is 1. The third-order valence-electron chi connectivity index (χ3n) is 3.94. The Morgan fingerprint density at radius 2 is 1.91 bits per heavy atom. The summed E-state index contributed by atoms with van der Waals surface area (Å²) in [6, 6.07) is 12.2. The number of allylic oxidation sites excluding steroid dienone is 1. The molecule has 112 valence electrons. The van der Waals surface area contributed by atoms with Gasteiger partial charge in [-0.15, -0.1) is 0 Å². The largest absolute Gasteiger partial charge is 0.399 e. The van der Waals surface area contributed by atoms with Crippen LogP contribution in [-0.2, 0) is 6.54 Å². The number of anilines is 1. The minimum atomic E-state index is 0.749. The Balaban J connectivity index is 2.30. The highest BCUT2D eigenvalue weighted by Gasteiger charge is 2.14. The number of aromatic nitrogens is 2. The molecular weight excluding hydrogens is 270 g/mol. The van der Waals surface area contributed by atoms with Gasteiger partial charge in [0, 0.05) is 17.8 Å². The zero-order valence-electron chi connectivity index (χ0n) is 13.4. The number of hydrogen-bond acceptors (Lipinski definition) is 2. The predicted molar refractivity (Wildman–Crippen MR) is 93.9 cm³/mol. The first-order chi connectivity index (χ1) is 10.5.